The highest BCUT2D eigenvalue weighted by molar-refractivity contribution is 6.24. The van der Waals surface area contributed by atoms with Gasteiger partial charge in [-0.1, -0.05) is 42.5 Å². The van der Waals surface area contributed by atoms with Gasteiger partial charge in [0.15, 0.2) is 0 Å². The third-order valence-corrected chi connectivity index (χ3v) is 4.80. The highest BCUT2D eigenvalue weighted by Gasteiger charge is 2.14. The number of aromatic hydroxyl groups is 1. The summed E-state index contributed by atoms with van der Waals surface area (Å²) in [6, 6.07) is 17.4. The smallest absolute Gasteiger partial charge is 0.249 e. The second kappa shape index (κ2) is 8.54. The highest BCUT2D eigenvalue weighted by atomic mass is 16.3. The number of nitrogens with zero attached hydrogens (tertiary/aromatic N) is 1. The third-order valence-electron chi connectivity index (χ3n) is 4.80. The first kappa shape index (κ1) is 19.9. The van der Waals surface area contributed by atoms with Crippen LogP contribution in [0.2, 0.25) is 0 Å². The minimum Gasteiger partial charge on any atom is -0.508 e. The van der Waals surface area contributed by atoms with Crippen LogP contribution in [-0.2, 0) is 16.0 Å². The van der Waals surface area contributed by atoms with Crippen LogP contribution in [0.3, 0.4) is 0 Å². The zero-order chi connectivity index (χ0) is 21.8. The topological polar surface area (TPSA) is 121 Å². The van der Waals surface area contributed by atoms with Crippen molar-refractivity contribution < 1.29 is 14.7 Å². The number of phenolic OH excluding ortho intramolecular Hbond substituents is 1. The lowest BCUT2D eigenvalue weighted by molar-refractivity contribution is -0.115. The van der Waals surface area contributed by atoms with Crippen LogP contribution in [0.15, 0.2) is 73.1 Å². The van der Waals surface area contributed by atoms with E-state index in [2.05, 4.69) is 15.3 Å². The molecule has 0 saturated carbocycles. The lowest BCUT2D eigenvalue weighted by Gasteiger charge is -2.08. The van der Waals surface area contributed by atoms with Crippen molar-refractivity contribution in [2.45, 2.75) is 6.42 Å². The SMILES string of the molecule is NC(=O)C(=Cc1c[nH]c2nccc(NC(=O)Cc3cccc(O)c3)c12)c1ccccc1. The van der Waals surface area contributed by atoms with Gasteiger partial charge in [-0.3, -0.25) is 9.59 Å². The van der Waals surface area contributed by atoms with Gasteiger partial charge in [-0.05, 0) is 35.4 Å². The predicted octanol–water partition coefficient (Wildman–Crippen LogP) is 3.48. The molecule has 0 radical (unpaired) electrons. The van der Waals surface area contributed by atoms with Crippen molar-refractivity contribution in [2.75, 3.05) is 5.32 Å². The number of pyridine rings is 1. The van der Waals surface area contributed by atoms with Gasteiger partial charge in [0.1, 0.15) is 11.4 Å². The van der Waals surface area contributed by atoms with E-state index < -0.39 is 5.91 Å². The van der Waals surface area contributed by atoms with Gasteiger partial charge < -0.3 is 21.1 Å². The van der Waals surface area contributed by atoms with Crippen molar-refractivity contribution in [1.29, 1.82) is 0 Å². The van der Waals surface area contributed by atoms with Crippen LogP contribution in [0.5, 0.6) is 5.75 Å². The van der Waals surface area contributed by atoms with Crippen LogP contribution in [0.25, 0.3) is 22.7 Å². The number of benzene rings is 2. The quantitative estimate of drug-likeness (QED) is 0.362. The lowest BCUT2D eigenvalue weighted by atomic mass is 10.0. The summed E-state index contributed by atoms with van der Waals surface area (Å²) in [7, 11) is 0. The van der Waals surface area contributed by atoms with E-state index in [0.717, 1.165) is 0 Å². The molecule has 2 aromatic heterocycles. The number of nitrogens with one attached hydrogen (secondary N) is 2. The van der Waals surface area contributed by atoms with Gasteiger partial charge in [0.05, 0.1) is 12.1 Å². The largest absolute Gasteiger partial charge is 0.508 e. The minimum absolute atomic E-state index is 0.102. The number of carbonyl (C=O) groups excluding carboxylic acids is 2. The van der Waals surface area contributed by atoms with Gasteiger partial charge >= 0.3 is 0 Å². The molecule has 154 valence electrons. The second-order valence-electron chi connectivity index (χ2n) is 7.01. The molecule has 7 nitrogen and oxygen atoms in total. The molecule has 0 saturated heterocycles. The zero-order valence-corrected chi connectivity index (χ0v) is 16.5. The Bertz CT molecular complexity index is 1290. The molecular weight excluding hydrogens is 392 g/mol. The van der Waals surface area contributed by atoms with E-state index in [4.69, 9.17) is 5.73 Å². The maximum Gasteiger partial charge on any atom is 0.249 e. The van der Waals surface area contributed by atoms with Gasteiger partial charge in [0.25, 0.3) is 0 Å². The molecule has 0 fully saturated rings. The van der Waals surface area contributed by atoms with Gasteiger partial charge in [-0.2, -0.15) is 0 Å². The van der Waals surface area contributed by atoms with E-state index in [9.17, 15) is 14.7 Å². The number of nitrogens with two attached hydrogens (primary N) is 1. The highest BCUT2D eigenvalue weighted by Crippen LogP contribution is 2.29. The maximum atomic E-state index is 12.6. The summed E-state index contributed by atoms with van der Waals surface area (Å²) in [6.45, 7) is 0. The van der Waals surface area contributed by atoms with Crippen LogP contribution >= 0.6 is 0 Å². The van der Waals surface area contributed by atoms with Crippen molar-refractivity contribution in [3.05, 3.63) is 89.7 Å². The van der Waals surface area contributed by atoms with Crippen LogP contribution in [-0.4, -0.2) is 26.9 Å². The number of carbonyl (C=O) groups is 2. The van der Waals surface area contributed by atoms with Gasteiger partial charge in [0.2, 0.25) is 11.8 Å². The second-order valence-corrected chi connectivity index (χ2v) is 7.01. The number of anilines is 1. The number of primary amides is 1. The average molecular weight is 412 g/mol. The first-order chi connectivity index (χ1) is 15.0. The molecule has 0 unspecified atom stereocenters. The molecule has 0 bridgehead atoms. The summed E-state index contributed by atoms with van der Waals surface area (Å²) < 4.78 is 0. The van der Waals surface area contributed by atoms with Crippen molar-refractivity contribution in [1.82, 2.24) is 9.97 Å². The Morgan fingerprint density at radius 1 is 1.10 bits per heavy atom. The van der Waals surface area contributed by atoms with Crippen molar-refractivity contribution >= 4 is 40.2 Å². The third kappa shape index (κ3) is 4.45. The molecule has 0 aliphatic heterocycles. The summed E-state index contributed by atoms with van der Waals surface area (Å²) in [6.07, 6.45) is 5.09. The number of amides is 2. The number of aromatic amines is 1. The number of phenols is 1. The van der Waals surface area contributed by atoms with Crippen molar-refractivity contribution in [3.63, 3.8) is 0 Å². The lowest BCUT2D eigenvalue weighted by Crippen LogP contribution is -2.15. The van der Waals surface area contributed by atoms with Crippen LogP contribution in [0.4, 0.5) is 5.69 Å². The number of hydrogen-bond acceptors (Lipinski definition) is 4. The Balaban J connectivity index is 1.69. The number of hydrogen-bond donors (Lipinski definition) is 4. The average Bonchev–Trinajstić information content (AvgIpc) is 3.16. The first-order valence-electron chi connectivity index (χ1n) is 9.62. The molecule has 0 atom stereocenters. The Labute approximate surface area is 178 Å². The van der Waals surface area contributed by atoms with Crippen LogP contribution in [0, 0.1) is 0 Å². The molecule has 31 heavy (non-hydrogen) atoms. The fourth-order valence-electron chi connectivity index (χ4n) is 3.42. The summed E-state index contributed by atoms with van der Waals surface area (Å²) in [5, 5.41) is 13.2. The number of fused-ring (bicyclic) bond motifs is 1. The molecule has 7 heteroatoms. The number of rotatable bonds is 6. The monoisotopic (exact) mass is 412 g/mol. The Hall–Kier alpha value is -4.39. The van der Waals surface area contributed by atoms with E-state index >= 15 is 0 Å². The van der Waals surface area contributed by atoms with Crippen LogP contribution in [0.1, 0.15) is 16.7 Å². The minimum atomic E-state index is -0.557. The Morgan fingerprint density at radius 2 is 1.90 bits per heavy atom. The molecule has 0 spiro atoms. The predicted molar refractivity (Wildman–Crippen MR) is 120 cm³/mol. The number of H-pyrrole nitrogens is 1. The number of aromatic nitrogens is 2. The van der Waals surface area contributed by atoms with Crippen molar-refractivity contribution in [2.24, 2.45) is 5.73 Å². The Kier molecular flexibility index (Phi) is 5.49. The van der Waals surface area contributed by atoms with Gasteiger partial charge in [-0.25, -0.2) is 4.98 Å². The van der Waals surface area contributed by atoms with Crippen LogP contribution < -0.4 is 11.1 Å². The standard InChI is InChI=1S/C24H20N4O3/c25-23(31)19(16-6-2-1-3-7-16)13-17-14-27-24-22(17)20(9-10-26-24)28-21(30)12-15-5-4-8-18(29)11-15/h1-11,13-14,29H,12H2,(H2,25,31)(H2,26,27,28,30). The first-order valence-corrected chi connectivity index (χ1v) is 9.62. The molecule has 4 aromatic rings. The fraction of sp³-hybridized carbons (Fsp3) is 0.0417. The Morgan fingerprint density at radius 3 is 2.65 bits per heavy atom. The van der Waals surface area contributed by atoms with E-state index in [1.54, 1.807) is 48.8 Å². The van der Waals surface area contributed by atoms with E-state index in [0.29, 0.717) is 39.0 Å². The van der Waals surface area contributed by atoms with Gasteiger partial charge in [-0.15, -0.1) is 0 Å². The normalized spacial score (nSPS) is 11.4. The molecule has 0 aliphatic rings. The summed E-state index contributed by atoms with van der Waals surface area (Å²) in [5.74, 6) is -0.694. The van der Waals surface area contributed by atoms with Gasteiger partial charge in [0, 0.05) is 28.9 Å². The molecule has 2 aromatic carbocycles. The molecule has 2 amide bonds. The van der Waals surface area contributed by atoms with E-state index in [1.807, 2.05) is 30.3 Å². The maximum absolute atomic E-state index is 12.6. The van der Waals surface area contributed by atoms with Crippen molar-refractivity contribution in [3.8, 4) is 5.75 Å². The summed E-state index contributed by atoms with van der Waals surface area (Å²) in [4.78, 5) is 32.1. The summed E-state index contributed by atoms with van der Waals surface area (Å²) >= 11 is 0. The molecule has 4 rings (SSSR count). The van der Waals surface area contributed by atoms with E-state index in [1.165, 1.54) is 0 Å². The fourth-order valence-corrected chi connectivity index (χ4v) is 3.42. The summed E-state index contributed by atoms with van der Waals surface area (Å²) in [5.41, 5.74) is 9.16. The molecule has 2 heterocycles. The molecule has 0 aliphatic carbocycles. The van der Waals surface area contributed by atoms with E-state index in [-0.39, 0.29) is 18.1 Å². The molecule has 5 N–H and O–H groups in total. The zero-order valence-electron chi connectivity index (χ0n) is 16.5. The molecular formula is C24H20N4O3.